The van der Waals surface area contributed by atoms with Crippen LogP contribution in [0, 0.1) is 11.8 Å². The summed E-state index contributed by atoms with van der Waals surface area (Å²) >= 11 is 0. The molecule has 7 nitrogen and oxygen atoms in total. The summed E-state index contributed by atoms with van der Waals surface area (Å²) in [5.74, 6) is 3.49. The maximum absolute atomic E-state index is 13.0. The largest absolute Gasteiger partial charge is 0.398 e. The second-order valence-corrected chi connectivity index (χ2v) is 6.32. The SMILES string of the molecule is C=C.CC(O)(C(F)F)C(NC(=O)c1ccc(C#Cc2ccccc2N)cc1)C(=O)NO. The van der Waals surface area contributed by atoms with Crippen LogP contribution in [0.1, 0.15) is 28.4 Å². The standard InChI is InChI=1S/C20H19F2N3O4.C2H4/c1-20(28,19(21)22)16(18(27)25-29)24-17(26)14-10-7-12(8-11-14)6-9-13-4-2-3-5-15(13)23;1-2/h2-5,7-8,10-11,16,19,28-29H,23H2,1H3,(H,24,26)(H,25,27);1-2H2. The van der Waals surface area contributed by atoms with Gasteiger partial charge in [-0.2, -0.15) is 0 Å². The van der Waals surface area contributed by atoms with E-state index in [1.807, 2.05) is 5.32 Å². The molecule has 2 amide bonds. The van der Waals surface area contributed by atoms with Crippen molar-refractivity contribution in [2.45, 2.75) is 25.0 Å². The van der Waals surface area contributed by atoms with Crippen LogP contribution in [-0.2, 0) is 4.79 Å². The predicted molar refractivity (Wildman–Crippen MR) is 112 cm³/mol. The van der Waals surface area contributed by atoms with Gasteiger partial charge in [0.1, 0.15) is 6.04 Å². The van der Waals surface area contributed by atoms with E-state index < -0.39 is 29.9 Å². The average Bonchev–Trinajstić information content (AvgIpc) is 2.77. The highest BCUT2D eigenvalue weighted by Gasteiger charge is 2.46. The van der Waals surface area contributed by atoms with Gasteiger partial charge >= 0.3 is 0 Å². The van der Waals surface area contributed by atoms with Crippen molar-refractivity contribution in [1.29, 1.82) is 0 Å². The Bertz CT molecular complexity index is 967. The lowest BCUT2D eigenvalue weighted by molar-refractivity contribution is -0.149. The van der Waals surface area contributed by atoms with Crippen molar-refractivity contribution >= 4 is 17.5 Å². The zero-order valence-electron chi connectivity index (χ0n) is 16.7. The summed E-state index contributed by atoms with van der Waals surface area (Å²) in [6, 6.07) is 10.7. The smallest absolute Gasteiger partial charge is 0.269 e. The molecule has 0 aliphatic carbocycles. The minimum absolute atomic E-state index is 0.0376. The van der Waals surface area contributed by atoms with Crippen molar-refractivity contribution in [2.24, 2.45) is 0 Å². The third-order valence-corrected chi connectivity index (χ3v) is 4.12. The summed E-state index contributed by atoms with van der Waals surface area (Å²) in [5.41, 5.74) is 5.83. The molecular weight excluding hydrogens is 408 g/mol. The monoisotopic (exact) mass is 431 g/mol. The van der Waals surface area contributed by atoms with E-state index in [0.717, 1.165) is 5.48 Å². The normalized spacial score (nSPS) is 12.8. The molecule has 2 aromatic carbocycles. The van der Waals surface area contributed by atoms with E-state index in [2.05, 4.69) is 25.0 Å². The first kappa shape index (κ1) is 25.3. The van der Waals surface area contributed by atoms with Gasteiger partial charge in [0, 0.05) is 22.4 Å². The van der Waals surface area contributed by atoms with E-state index in [9.17, 15) is 23.5 Å². The van der Waals surface area contributed by atoms with Gasteiger partial charge in [-0.15, -0.1) is 13.2 Å². The maximum Gasteiger partial charge on any atom is 0.269 e. The quantitative estimate of drug-likeness (QED) is 0.163. The van der Waals surface area contributed by atoms with Crippen LogP contribution in [0.4, 0.5) is 14.5 Å². The molecule has 0 heterocycles. The van der Waals surface area contributed by atoms with Crippen LogP contribution >= 0.6 is 0 Å². The van der Waals surface area contributed by atoms with Crippen LogP contribution in [0.25, 0.3) is 0 Å². The summed E-state index contributed by atoms with van der Waals surface area (Å²) in [6.45, 7) is 6.67. The highest BCUT2D eigenvalue weighted by Crippen LogP contribution is 2.20. The number of hydrogen-bond donors (Lipinski definition) is 5. The minimum atomic E-state index is -3.35. The molecule has 0 bridgehead atoms. The number of nitrogens with one attached hydrogen (secondary N) is 2. The molecule has 2 atom stereocenters. The fraction of sp³-hybridized carbons (Fsp3) is 0.182. The molecule has 0 aliphatic rings. The first-order chi connectivity index (χ1) is 14.7. The van der Waals surface area contributed by atoms with Gasteiger partial charge in [-0.3, -0.25) is 14.8 Å². The maximum atomic E-state index is 13.0. The van der Waals surface area contributed by atoms with Gasteiger partial charge in [0.15, 0.2) is 5.60 Å². The number of hydrogen-bond acceptors (Lipinski definition) is 5. The Morgan fingerprint density at radius 1 is 1.10 bits per heavy atom. The molecule has 31 heavy (non-hydrogen) atoms. The lowest BCUT2D eigenvalue weighted by Crippen LogP contribution is -2.61. The first-order valence-electron chi connectivity index (χ1n) is 8.88. The van der Waals surface area contributed by atoms with E-state index in [4.69, 9.17) is 10.9 Å². The lowest BCUT2D eigenvalue weighted by atomic mass is 9.95. The Kier molecular flexibility index (Phi) is 9.34. The van der Waals surface area contributed by atoms with Crippen LogP contribution < -0.4 is 16.5 Å². The number of alkyl halides is 2. The zero-order valence-corrected chi connectivity index (χ0v) is 16.7. The number of rotatable bonds is 5. The number of nitrogens with two attached hydrogens (primary N) is 1. The summed E-state index contributed by atoms with van der Waals surface area (Å²) < 4.78 is 26.1. The number of anilines is 1. The van der Waals surface area contributed by atoms with E-state index in [1.165, 1.54) is 24.3 Å². The Morgan fingerprint density at radius 2 is 1.68 bits per heavy atom. The van der Waals surface area contributed by atoms with Crippen molar-refractivity contribution in [3.8, 4) is 11.8 Å². The Labute approximate surface area is 178 Å². The third kappa shape index (κ3) is 6.64. The van der Waals surface area contributed by atoms with E-state index in [1.54, 1.807) is 24.3 Å². The van der Waals surface area contributed by atoms with Crippen LogP contribution in [0.5, 0.6) is 0 Å². The molecule has 0 spiro atoms. The number of para-hydroxylation sites is 1. The third-order valence-electron chi connectivity index (χ3n) is 4.12. The molecule has 164 valence electrons. The molecule has 0 aliphatic heterocycles. The fourth-order valence-electron chi connectivity index (χ4n) is 2.34. The molecule has 2 unspecified atom stereocenters. The number of aliphatic hydroxyl groups is 1. The Balaban J connectivity index is 0.00000233. The summed E-state index contributed by atoms with van der Waals surface area (Å²) in [4.78, 5) is 23.9. The summed E-state index contributed by atoms with van der Waals surface area (Å²) in [6.07, 6.45) is -3.35. The van der Waals surface area contributed by atoms with Gasteiger partial charge in [-0.25, -0.2) is 14.3 Å². The molecule has 2 aromatic rings. The number of benzene rings is 2. The van der Waals surface area contributed by atoms with Gasteiger partial charge in [0.2, 0.25) is 0 Å². The highest BCUT2D eigenvalue weighted by molar-refractivity contribution is 5.97. The topological polar surface area (TPSA) is 125 Å². The van der Waals surface area contributed by atoms with Gasteiger partial charge in [-0.05, 0) is 43.3 Å². The number of amides is 2. The van der Waals surface area contributed by atoms with Crippen LogP contribution in [0.15, 0.2) is 61.7 Å². The van der Waals surface area contributed by atoms with E-state index in [0.29, 0.717) is 23.7 Å². The van der Waals surface area contributed by atoms with Crippen molar-refractivity contribution in [2.75, 3.05) is 5.73 Å². The molecule has 9 heteroatoms. The van der Waals surface area contributed by atoms with Crippen molar-refractivity contribution in [1.82, 2.24) is 10.8 Å². The number of halogens is 2. The summed E-state index contributed by atoms with van der Waals surface area (Å²) in [5, 5.41) is 20.5. The molecule has 2 rings (SSSR count). The van der Waals surface area contributed by atoms with Crippen LogP contribution in [-0.4, -0.2) is 40.2 Å². The molecule has 0 saturated carbocycles. The number of carbonyl (C=O) groups excluding carboxylic acids is 2. The van der Waals surface area contributed by atoms with Crippen LogP contribution in [0.2, 0.25) is 0 Å². The molecule has 0 aromatic heterocycles. The average molecular weight is 431 g/mol. The molecular formula is C22H23F2N3O4. The Morgan fingerprint density at radius 3 is 2.19 bits per heavy atom. The first-order valence-corrected chi connectivity index (χ1v) is 8.88. The highest BCUT2D eigenvalue weighted by atomic mass is 19.3. The second-order valence-electron chi connectivity index (χ2n) is 6.32. The summed E-state index contributed by atoms with van der Waals surface area (Å²) in [7, 11) is 0. The number of carbonyl (C=O) groups is 2. The van der Waals surface area contributed by atoms with Gasteiger partial charge < -0.3 is 16.2 Å². The van der Waals surface area contributed by atoms with E-state index in [-0.39, 0.29) is 5.56 Å². The van der Waals surface area contributed by atoms with Crippen molar-refractivity contribution in [3.63, 3.8) is 0 Å². The Hall–Kier alpha value is -3.74. The molecule has 0 radical (unpaired) electrons. The second kappa shape index (κ2) is 11.4. The molecule has 0 saturated heterocycles. The predicted octanol–water partition coefficient (Wildman–Crippen LogP) is 2.09. The lowest BCUT2D eigenvalue weighted by Gasteiger charge is -2.30. The fourth-order valence-corrected chi connectivity index (χ4v) is 2.34. The van der Waals surface area contributed by atoms with Gasteiger partial charge in [0.25, 0.3) is 18.2 Å². The van der Waals surface area contributed by atoms with E-state index >= 15 is 0 Å². The van der Waals surface area contributed by atoms with Crippen molar-refractivity contribution in [3.05, 3.63) is 78.4 Å². The number of hydroxylamine groups is 1. The zero-order chi connectivity index (χ0) is 23.6. The van der Waals surface area contributed by atoms with Crippen molar-refractivity contribution < 1.29 is 28.7 Å². The molecule has 0 fully saturated rings. The van der Waals surface area contributed by atoms with Gasteiger partial charge in [0.05, 0.1) is 0 Å². The number of nitrogen functional groups attached to an aromatic ring is 1. The van der Waals surface area contributed by atoms with Crippen LogP contribution in [0.3, 0.4) is 0 Å². The minimum Gasteiger partial charge on any atom is -0.398 e. The van der Waals surface area contributed by atoms with Gasteiger partial charge in [-0.1, -0.05) is 24.0 Å². The molecule has 6 N–H and O–H groups in total.